The number of carbonyl (C=O) groups excluding carboxylic acids is 2. The summed E-state index contributed by atoms with van der Waals surface area (Å²) in [5, 5.41) is 8.04. The van der Waals surface area contributed by atoms with Crippen LogP contribution in [0, 0.1) is 0 Å². The molecule has 31 heavy (non-hydrogen) atoms. The minimum absolute atomic E-state index is 0.0338. The van der Waals surface area contributed by atoms with E-state index in [2.05, 4.69) is 10.4 Å². The van der Waals surface area contributed by atoms with Crippen molar-refractivity contribution in [2.45, 2.75) is 51.3 Å². The third kappa shape index (κ3) is 4.66. The summed E-state index contributed by atoms with van der Waals surface area (Å²) in [4.78, 5) is 38.8. The Balaban J connectivity index is 1.70. The molecule has 3 aromatic rings. The fourth-order valence-electron chi connectivity index (χ4n) is 3.41. The van der Waals surface area contributed by atoms with Crippen molar-refractivity contribution in [3.63, 3.8) is 0 Å². The van der Waals surface area contributed by atoms with E-state index < -0.39 is 12.1 Å². The molecule has 4 rings (SSSR count). The van der Waals surface area contributed by atoms with Gasteiger partial charge < -0.3 is 10.1 Å². The third-order valence-electron chi connectivity index (χ3n) is 5.27. The summed E-state index contributed by atoms with van der Waals surface area (Å²) in [6.45, 7) is 2.43. The molecular weight excluding hydrogens is 394 g/mol. The highest BCUT2D eigenvalue weighted by molar-refractivity contribution is 6.03. The molecule has 0 saturated heterocycles. The van der Waals surface area contributed by atoms with Gasteiger partial charge in [-0.05, 0) is 25.3 Å². The zero-order valence-electron chi connectivity index (χ0n) is 17.4. The number of nitrogens with one attached hydrogen (secondary N) is 1. The van der Waals surface area contributed by atoms with Crippen molar-refractivity contribution in [2.75, 3.05) is 0 Å². The van der Waals surface area contributed by atoms with Crippen LogP contribution in [-0.2, 0) is 16.1 Å². The van der Waals surface area contributed by atoms with Gasteiger partial charge in [0.15, 0.2) is 5.69 Å². The van der Waals surface area contributed by atoms with Crippen LogP contribution >= 0.6 is 0 Å². The summed E-state index contributed by atoms with van der Waals surface area (Å²) in [5.74, 6) is -1.09. The molecule has 2 aromatic carbocycles. The topological polar surface area (TPSA) is 90.3 Å². The van der Waals surface area contributed by atoms with Gasteiger partial charge in [-0.15, -0.1) is 0 Å². The Morgan fingerprint density at radius 3 is 2.45 bits per heavy atom. The minimum atomic E-state index is -1.09. The fraction of sp³-hybridized carbons (Fsp3) is 0.333. The molecule has 7 heteroatoms. The normalized spacial score (nSPS) is 14.2. The van der Waals surface area contributed by atoms with E-state index >= 15 is 0 Å². The number of amides is 1. The highest BCUT2D eigenvalue weighted by Gasteiger charge is 2.32. The average molecular weight is 419 g/mol. The van der Waals surface area contributed by atoms with Gasteiger partial charge in [-0.25, -0.2) is 9.48 Å². The Bertz CT molecular complexity index is 1150. The molecule has 1 atom stereocenters. The standard InChI is InChI=1S/C24H25N3O4/c1-2-3-15-27-23(29)19-12-8-7-11-18(19)20(26-27)24(30)31-21(16-9-5-4-6-10-16)22(28)25-17-13-14-17/h4-12,17,21H,2-3,13-15H2,1H3,(H,25,28). The summed E-state index contributed by atoms with van der Waals surface area (Å²) in [6.07, 6.45) is 2.41. The summed E-state index contributed by atoms with van der Waals surface area (Å²) < 4.78 is 7.00. The Labute approximate surface area is 180 Å². The molecule has 1 aromatic heterocycles. The predicted molar refractivity (Wildman–Crippen MR) is 117 cm³/mol. The average Bonchev–Trinajstić information content (AvgIpc) is 3.61. The maximum atomic E-state index is 13.2. The molecule has 1 fully saturated rings. The van der Waals surface area contributed by atoms with E-state index in [1.165, 1.54) is 4.68 Å². The van der Waals surface area contributed by atoms with Gasteiger partial charge in [0.1, 0.15) is 0 Å². The van der Waals surface area contributed by atoms with Crippen LogP contribution < -0.4 is 10.9 Å². The SMILES string of the molecule is CCCCn1nc(C(=O)OC(C(=O)NC2CC2)c2ccccc2)c2ccccc2c1=O. The van der Waals surface area contributed by atoms with Crippen LogP contribution in [0.15, 0.2) is 59.4 Å². The molecule has 1 heterocycles. The van der Waals surface area contributed by atoms with Crippen LogP contribution in [0.3, 0.4) is 0 Å². The number of ether oxygens (including phenoxy) is 1. The first kappa shape index (κ1) is 20.8. The van der Waals surface area contributed by atoms with Crippen LogP contribution in [0.2, 0.25) is 0 Å². The van der Waals surface area contributed by atoms with Crippen molar-refractivity contribution in [3.05, 3.63) is 76.2 Å². The molecule has 0 radical (unpaired) electrons. The number of esters is 1. The summed E-state index contributed by atoms with van der Waals surface area (Å²) >= 11 is 0. The lowest BCUT2D eigenvalue weighted by Gasteiger charge is -2.18. The molecule has 1 saturated carbocycles. The van der Waals surface area contributed by atoms with Crippen molar-refractivity contribution >= 4 is 22.6 Å². The molecule has 7 nitrogen and oxygen atoms in total. The number of hydrogen-bond donors (Lipinski definition) is 1. The lowest BCUT2D eigenvalue weighted by molar-refractivity contribution is -0.130. The van der Waals surface area contributed by atoms with Crippen LogP contribution in [0.4, 0.5) is 0 Å². The summed E-state index contributed by atoms with van der Waals surface area (Å²) in [5.41, 5.74) is 0.371. The van der Waals surface area contributed by atoms with Crippen LogP contribution in [-0.4, -0.2) is 27.7 Å². The molecule has 1 aliphatic carbocycles. The highest BCUT2D eigenvalue weighted by Crippen LogP contribution is 2.25. The number of benzene rings is 2. The van der Waals surface area contributed by atoms with E-state index in [0.717, 1.165) is 25.7 Å². The second-order valence-corrected chi connectivity index (χ2v) is 7.75. The number of rotatable bonds is 8. The van der Waals surface area contributed by atoms with Gasteiger partial charge in [-0.1, -0.05) is 61.9 Å². The van der Waals surface area contributed by atoms with Crippen molar-refractivity contribution < 1.29 is 14.3 Å². The maximum absolute atomic E-state index is 13.2. The van der Waals surface area contributed by atoms with E-state index in [0.29, 0.717) is 22.9 Å². The third-order valence-corrected chi connectivity index (χ3v) is 5.27. The molecule has 0 aliphatic heterocycles. The van der Waals surface area contributed by atoms with Gasteiger partial charge >= 0.3 is 5.97 Å². The minimum Gasteiger partial charge on any atom is -0.442 e. The number of fused-ring (bicyclic) bond motifs is 1. The van der Waals surface area contributed by atoms with E-state index in [1.54, 1.807) is 48.5 Å². The summed E-state index contributed by atoms with van der Waals surface area (Å²) in [7, 11) is 0. The van der Waals surface area contributed by atoms with E-state index in [9.17, 15) is 14.4 Å². The van der Waals surface area contributed by atoms with Gasteiger partial charge in [0.2, 0.25) is 6.10 Å². The van der Waals surface area contributed by atoms with Crippen molar-refractivity contribution in [1.29, 1.82) is 0 Å². The lowest BCUT2D eigenvalue weighted by Crippen LogP contribution is -2.34. The first-order chi connectivity index (χ1) is 15.1. The van der Waals surface area contributed by atoms with E-state index in [-0.39, 0.29) is 23.2 Å². The van der Waals surface area contributed by atoms with Gasteiger partial charge in [0, 0.05) is 23.5 Å². The van der Waals surface area contributed by atoms with Gasteiger partial charge in [-0.2, -0.15) is 5.10 Å². The number of carbonyl (C=O) groups is 2. The molecule has 0 spiro atoms. The van der Waals surface area contributed by atoms with Crippen molar-refractivity contribution in [2.24, 2.45) is 0 Å². The number of nitrogens with zero attached hydrogens (tertiary/aromatic N) is 2. The smallest absolute Gasteiger partial charge is 0.360 e. The van der Waals surface area contributed by atoms with Gasteiger partial charge in [0.05, 0.1) is 5.39 Å². The number of unbranched alkanes of at least 4 members (excludes halogenated alkanes) is 1. The monoisotopic (exact) mass is 419 g/mol. The zero-order valence-corrected chi connectivity index (χ0v) is 17.4. The van der Waals surface area contributed by atoms with Crippen molar-refractivity contribution in [3.8, 4) is 0 Å². The van der Waals surface area contributed by atoms with Crippen LogP contribution in [0.25, 0.3) is 10.8 Å². The zero-order chi connectivity index (χ0) is 21.8. The Morgan fingerprint density at radius 2 is 1.77 bits per heavy atom. The predicted octanol–water partition coefficient (Wildman–Crippen LogP) is 3.37. The molecule has 1 N–H and O–H groups in total. The number of aryl methyl sites for hydroxylation is 1. The van der Waals surface area contributed by atoms with Gasteiger partial charge in [0.25, 0.3) is 11.5 Å². The number of hydrogen-bond acceptors (Lipinski definition) is 5. The Morgan fingerprint density at radius 1 is 1.10 bits per heavy atom. The van der Waals surface area contributed by atoms with Crippen molar-refractivity contribution in [1.82, 2.24) is 15.1 Å². The van der Waals surface area contributed by atoms with Crippen LogP contribution in [0.5, 0.6) is 0 Å². The second kappa shape index (κ2) is 9.12. The first-order valence-corrected chi connectivity index (χ1v) is 10.6. The second-order valence-electron chi connectivity index (χ2n) is 7.75. The molecule has 0 bridgehead atoms. The molecule has 160 valence electrons. The molecule has 1 aliphatic rings. The summed E-state index contributed by atoms with van der Waals surface area (Å²) in [6, 6.07) is 15.9. The van der Waals surface area contributed by atoms with Crippen LogP contribution in [0.1, 0.15) is 54.8 Å². The highest BCUT2D eigenvalue weighted by atomic mass is 16.5. The van der Waals surface area contributed by atoms with E-state index in [1.807, 2.05) is 13.0 Å². The fourth-order valence-corrected chi connectivity index (χ4v) is 3.41. The number of aromatic nitrogens is 2. The van der Waals surface area contributed by atoms with Gasteiger partial charge in [-0.3, -0.25) is 9.59 Å². The Hall–Kier alpha value is -3.48. The first-order valence-electron chi connectivity index (χ1n) is 10.6. The largest absolute Gasteiger partial charge is 0.442 e. The van der Waals surface area contributed by atoms with E-state index in [4.69, 9.17) is 4.74 Å². The molecule has 1 amide bonds. The molecular formula is C24H25N3O4. The Kier molecular flexibility index (Phi) is 6.11. The molecule has 1 unspecified atom stereocenters. The maximum Gasteiger partial charge on any atom is 0.360 e. The quantitative estimate of drug-likeness (QED) is 0.566. The lowest BCUT2D eigenvalue weighted by atomic mass is 10.1.